The SMILES string of the molecule is CCCCNc1nc(N)nc2cn(Cc3c(OC)ccc(CNC(=O)C4CCC(CN5C(=O)C=CC5=O)CC4)c3OC)nc12. The lowest BCUT2D eigenvalue weighted by Crippen LogP contribution is -2.38. The molecule has 2 aliphatic rings. The van der Waals surface area contributed by atoms with E-state index >= 15 is 0 Å². The minimum atomic E-state index is -0.258. The Balaban J connectivity index is 1.25. The second kappa shape index (κ2) is 13.7. The summed E-state index contributed by atoms with van der Waals surface area (Å²) >= 11 is 0. The maximum Gasteiger partial charge on any atom is 0.253 e. The van der Waals surface area contributed by atoms with Gasteiger partial charge in [-0.1, -0.05) is 13.3 Å². The van der Waals surface area contributed by atoms with Crippen molar-refractivity contribution in [3.63, 3.8) is 0 Å². The number of imide groups is 1. The first-order chi connectivity index (χ1) is 21.3. The Bertz CT molecular complexity index is 1540. The average molecular weight is 605 g/mol. The molecule has 2 aromatic heterocycles. The second-order valence-electron chi connectivity index (χ2n) is 11.3. The van der Waals surface area contributed by atoms with Crippen LogP contribution in [0.2, 0.25) is 0 Å². The van der Waals surface area contributed by atoms with Crippen molar-refractivity contribution < 1.29 is 23.9 Å². The maximum absolute atomic E-state index is 13.1. The van der Waals surface area contributed by atoms with Crippen LogP contribution >= 0.6 is 0 Å². The molecule has 3 heterocycles. The lowest BCUT2D eigenvalue weighted by Gasteiger charge is -2.30. The number of benzene rings is 1. The van der Waals surface area contributed by atoms with Gasteiger partial charge in [-0.2, -0.15) is 10.1 Å². The lowest BCUT2D eigenvalue weighted by molar-refractivity contribution is -0.138. The minimum absolute atomic E-state index is 0.0181. The van der Waals surface area contributed by atoms with Gasteiger partial charge < -0.3 is 25.8 Å². The van der Waals surface area contributed by atoms with Crippen LogP contribution in [-0.4, -0.2) is 69.7 Å². The molecule has 5 rings (SSSR count). The molecule has 1 aromatic carbocycles. The predicted molar refractivity (Wildman–Crippen MR) is 165 cm³/mol. The number of nitrogens with zero attached hydrogens (tertiary/aromatic N) is 5. The molecule has 0 atom stereocenters. The van der Waals surface area contributed by atoms with E-state index in [0.29, 0.717) is 54.3 Å². The molecule has 13 nitrogen and oxygen atoms in total. The molecule has 1 saturated carbocycles. The molecular weight excluding hydrogens is 564 g/mol. The topological polar surface area (TPSA) is 167 Å². The molecule has 3 aromatic rings. The number of amides is 3. The number of ether oxygens (including phenoxy) is 2. The van der Waals surface area contributed by atoms with Gasteiger partial charge in [-0.15, -0.1) is 0 Å². The Morgan fingerprint density at radius 3 is 2.50 bits per heavy atom. The second-order valence-corrected chi connectivity index (χ2v) is 11.3. The van der Waals surface area contributed by atoms with Crippen LogP contribution < -0.4 is 25.8 Å². The molecule has 3 amide bonds. The number of hydrogen-bond donors (Lipinski definition) is 3. The summed E-state index contributed by atoms with van der Waals surface area (Å²) in [5.41, 5.74) is 8.80. The van der Waals surface area contributed by atoms with Crippen LogP contribution in [0.25, 0.3) is 11.0 Å². The van der Waals surface area contributed by atoms with Gasteiger partial charge in [-0.05, 0) is 50.2 Å². The minimum Gasteiger partial charge on any atom is -0.496 e. The zero-order valence-corrected chi connectivity index (χ0v) is 25.5. The van der Waals surface area contributed by atoms with Crippen LogP contribution in [0.1, 0.15) is 56.6 Å². The lowest BCUT2D eigenvalue weighted by atomic mass is 9.81. The Hall–Kier alpha value is -4.68. The third-order valence-electron chi connectivity index (χ3n) is 8.31. The Labute approximate surface area is 256 Å². The third-order valence-corrected chi connectivity index (χ3v) is 8.31. The van der Waals surface area contributed by atoms with Crippen LogP contribution in [0.4, 0.5) is 11.8 Å². The van der Waals surface area contributed by atoms with Gasteiger partial charge in [-0.25, -0.2) is 4.98 Å². The highest BCUT2D eigenvalue weighted by Crippen LogP contribution is 2.34. The van der Waals surface area contributed by atoms with Crippen molar-refractivity contribution in [1.29, 1.82) is 0 Å². The number of anilines is 2. The summed E-state index contributed by atoms with van der Waals surface area (Å²) in [7, 11) is 3.20. The number of nitrogen functional groups attached to an aromatic ring is 1. The zero-order valence-electron chi connectivity index (χ0n) is 25.5. The van der Waals surface area contributed by atoms with Crippen molar-refractivity contribution in [3.05, 3.63) is 41.6 Å². The van der Waals surface area contributed by atoms with Crippen LogP contribution in [0.5, 0.6) is 11.5 Å². The number of carbonyl (C=O) groups is 3. The summed E-state index contributed by atoms with van der Waals surface area (Å²) in [5.74, 6) is 1.56. The number of unbranched alkanes of at least 4 members (excludes halogenated alkanes) is 1. The van der Waals surface area contributed by atoms with E-state index in [0.717, 1.165) is 43.4 Å². The molecule has 0 bridgehead atoms. The number of nitrogens with two attached hydrogens (primary N) is 1. The third kappa shape index (κ3) is 6.76. The van der Waals surface area contributed by atoms with Gasteiger partial charge in [-0.3, -0.25) is 24.0 Å². The number of hydrogen-bond acceptors (Lipinski definition) is 10. The smallest absolute Gasteiger partial charge is 0.253 e. The van der Waals surface area contributed by atoms with Crippen molar-refractivity contribution in [1.82, 2.24) is 30.0 Å². The number of aromatic nitrogens is 4. The van der Waals surface area contributed by atoms with Gasteiger partial charge >= 0.3 is 0 Å². The average Bonchev–Trinajstić information content (AvgIpc) is 3.57. The van der Waals surface area contributed by atoms with Crippen LogP contribution in [0, 0.1) is 11.8 Å². The van der Waals surface area contributed by atoms with Crippen molar-refractivity contribution in [3.8, 4) is 11.5 Å². The number of fused-ring (bicyclic) bond motifs is 1. The highest BCUT2D eigenvalue weighted by molar-refractivity contribution is 6.12. The molecule has 234 valence electrons. The summed E-state index contributed by atoms with van der Waals surface area (Å²) < 4.78 is 13.3. The van der Waals surface area contributed by atoms with E-state index in [4.69, 9.17) is 20.3 Å². The molecule has 0 spiro atoms. The van der Waals surface area contributed by atoms with Crippen LogP contribution in [0.3, 0.4) is 0 Å². The molecular formula is C31H40N8O5. The van der Waals surface area contributed by atoms with E-state index in [1.165, 1.54) is 17.1 Å². The molecule has 1 aliphatic carbocycles. The molecule has 4 N–H and O–H groups in total. The predicted octanol–water partition coefficient (Wildman–Crippen LogP) is 3.03. The molecule has 0 radical (unpaired) electrons. The van der Waals surface area contributed by atoms with Crippen LogP contribution in [0.15, 0.2) is 30.5 Å². The molecule has 44 heavy (non-hydrogen) atoms. The quantitative estimate of drug-likeness (QED) is 0.195. The number of nitrogens with one attached hydrogen (secondary N) is 2. The molecule has 1 fully saturated rings. The first-order valence-electron chi connectivity index (χ1n) is 15.1. The fourth-order valence-corrected chi connectivity index (χ4v) is 5.92. The largest absolute Gasteiger partial charge is 0.496 e. The first-order valence-corrected chi connectivity index (χ1v) is 15.1. The number of carbonyl (C=O) groups excluding carboxylic acids is 3. The van der Waals surface area contributed by atoms with Gasteiger partial charge in [0.25, 0.3) is 11.8 Å². The van der Waals surface area contributed by atoms with E-state index in [-0.39, 0.29) is 42.1 Å². The summed E-state index contributed by atoms with van der Waals surface area (Å²) in [6, 6.07) is 3.75. The fourth-order valence-electron chi connectivity index (χ4n) is 5.92. The molecule has 13 heteroatoms. The van der Waals surface area contributed by atoms with E-state index < -0.39 is 0 Å². The van der Waals surface area contributed by atoms with Crippen molar-refractivity contribution in [2.45, 2.75) is 58.5 Å². The highest BCUT2D eigenvalue weighted by atomic mass is 16.5. The van der Waals surface area contributed by atoms with Crippen molar-refractivity contribution >= 4 is 40.5 Å². The Morgan fingerprint density at radius 2 is 1.82 bits per heavy atom. The maximum atomic E-state index is 13.1. The summed E-state index contributed by atoms with van der Waals surface area (Å²) in [5, 5.41) is 11.1. The zero-order chi connectivity index (χ0) is 31.2. The van der Waals surface area contributed by atoms with Gasteiger partial charge in [0.15, 0.2) is 11.3 Å². The normalized spacial score (nSPS) is 18.2. The fraction of sp³-hybridized carbons (Fsp3) is 0.484. The van der Waals surface area contributed by atoms with Gasteiger partial charge in [0.05, 0.1) is 32.5 Å². The Kier molecular flexibility index (Phi) is 9.61. The summed E-state index contributed by atoms with van der Waals surface area (Å²) in [6.07, 6.45) is 9.47. The van der Waals surface area contributed by atoms with Gasteiger partial charge in [0, 0.05) is 43.3 Å². The van der Waals surface area contributed by atoms with Crippen molar-refractivity contribution in [2.24, 2.45) is 11.8 Å². The Morgan fingerprint density at radius 1 is 1.07 bits per heavy atom. The summed E-state index contributed by atoms with van der Waals surface area (Å²) in [4.78, 5) is 46.9. The molecule has 1 aliphatic heterocycles. The van der Waals surface area contributed by atoms with Gasteiger partial charge in [0.1, 0.15) is 17.0 Å². The summed E-state index contributed by atoms with van der Waals surface area (Å²) in [6.45, 7) is 3.91. The standard InChI is InChI=1S/C31H40N8O5/c1-4-5-14-33-29-27-23(35-31(32)36-29)18-38(37-27)17-22-24(43-2)11-10-21(28(22)44-3)15-34-30(42)20-8-6-19(7-9-20)16-39-25(40)12-13-26(39)41/h10-13,18-20H,4-9,14-17H2,1-3H3,(H,34,42)(H3,32,33,35,36). The number of rotatable bonds is 13. The highest BCUT2D eigenvalue weighted by Gasteiger charge is 2.31. The van der Waals surface area contributed by atoms with Gasteiger partial charge in [0.2, 0.25) is 11.9 Å². The van der Waals surface area contributed by atoms with E-state index in [1.54, 1.807) is 18.9 Å². The molecule has 0 unspecified atom stereocenters. The van der Waals surface area contributed by atoms with Crippen molar-refractivity contribution in [2.75, 3.05) is 38.4 Å². The monoisotopic (exact) mass is 604 g/mol. The molecule has 0 saturated heterocycles. The first kappa shape index (κ1) is 30.8. The van der Waals surface area contributed by atoms with Crippen LogP contribution in [-0.2, 0) is 27.5 Å². The van der Waals surface area contributed by atoms with E-state index in [2.05, 4.69) is 27.5 Å². The van der Waals surface area contributed by atoms with E-state index in [9.17, 15) is 14.4 Å². The number of methoxy groups -OCH3 is 2. The van der Waals surface area contributed by atoms with E-state index in [1.807, 2.05) is 18.3 Å².